The van der Waals surface area contributed by atoms with Gasteiger partial charge in [0.15, 0.2) is 17.6 Å². The van der Waals surface area contributed by atoms with E-state index >= 15 is 0 Å². The number of ether oxygens (including phenoxy) is 3. The van der Waals surface area contributed by atoms with Crippen LogP contribution in [0, 0.1) is 12.7 Å². The number of hydrogen-bond acceptors (Lipinski definition) is 7. The largest absolute Gasteiger partial charge is 0.454 e. The second-order valence-corrected chi connectivity index (χ2v) is 6.60. The molecule has 1 aliphatic heterocycles. The molecule has 30 heavy (non-hydrogen) atoms. The number of halogens is 1. The first-order chi connectivity index (χ1) is 14.3. The number of anilines is 1. The van der Waals surface area contributed by atoms with Crippen molar-refractivity contribution in [2.45, 2.75) is 26.9 Å². The lowest BCUT2D eigenvalue weighted by atomic mass is 10.1. The number of esters is 1. The van der Waals surface area contributed by atoms with Gasteiger partial charge in [-0.1, -0.05) is 11.2 Å². The van der Waals surface area contributed by atoms with E-state index in [4.69, 9.17) is 19.0 Å². The number of carbonyl (C=O) groups excluding carboxylic acids is 2. The normalized spacial score (nSPS) is 13.5. The number of oxime groups is 1. The van der Waals surface area contributed by atoms with E-state index in [9.17, 15) is 14.0 Å². The molecule has 0 spiro atoms. The maximum Gasteiger partial charge on any atom is 0.347 e. The van der Waals surface area contributed by atoms with Crippen LogP contribution in [0.15, 0.2) is 41.6 Å². The first kappa shape index (κ1) is 21.1. The lowest BCUT2D eigenvalue weighted by Crippen LogP contribution is -2.31. The monoisotopic (exact) mass is 416 g/mol. The van der Waals surface area contributed by atoms with E-state index in [1.54, 1.807) is 38.1 Å². The zero-order valence-corrected chi connectivity index (χ0v) is 16.7. The van der Waals surface area contributed by atoms with Gasteiger partial charge in [-0.05, 0) is 56.7 Å². The van der Waals surface area contributed by atoms with E-state index < -0.39 is 30.4 Å². The van der Waals surface area contributed by atoms with Crippen LogP contribution < -0.4 is 14.8 Å². The summed E-state index contributed by atoms with van der Waals surface area (Å²) < 4.78 is 29.1. The molecule has 2 aromatic rings. The van der Waals surface area contributed by atoms with Gasteiger partial charge in [0.05, 0.1) is 5.71 Å². The molecule has 0 bridgehead atoms. The van der Waals surface area contributed by atoms with Gasteiger partial charge >= 0.3 is 5.97 Å². The highest BCUT2D eigenvalue weighted by Crippen LogP contribution is 2.32. The lowest BCUT2D eigenvalue weighted by molar-refractivity contribution is -0.157. The molecule has 0 saturated heterocycles. The molecule has 8 nitrogen and oxygen atoms in total. The maximum absolute atomic E-state index is 13.6. The third kappa shape index (κ3) is 5.25. The fourth-order valence-electron chi connectivity index (χ4n) is 2.56. The van der Waals surface area contributed by atoms with Gasteiger partial charge in [0.1, 0.15) is 5.82 Å². The molecule has 0 aromatic heterocycles. The molecule has 0 saturated carbocycles. The van der Waals surface area contributed by atoms with E-state index in [2.05, 4.69) is 10.5 Å². The predicted octanol–water partition coefficient (Wildman–Crippen LogP) is 3.17. The van der Waals surface area contributed by atoms with E-state index in [0.29, 0.717) is 22.8 Å². The maximum atomic E-state index is 13.6. The summed E-state index contributed by atoms with van der Waals surface area (Å²) in [6.07, 6.45) is -1.09. The SMILES string of the molecule is C/C(=N\OCC(=O)OC(C)C(=O)Nc1ccc(C)c(F)c1)c1ccc2c(c1)OCO2. The summed E-state index contributed by atoms with van der Waals surface area (Å²) in [4.78, 5) is 29.0. The average Bonchev–Trinajstić information content (AvgIpc) is 3.18. The molecule has 1 aliphatic rings. The van der Waals surface area contributed by atoms with Gasteiger partial charge < -0.3 is 24.4 Å². The Bertz CT molecular complexity index is 991. The summed E-state index contributed by atoms with van der Waals surface area (Å²) in [7, 11) is 0. The van der Waals surface area contributed by atoms with Crippen molar-refractivity contribution in [3.63, 3.8) is 0 Å². The van der Waals surface area contributed by atoms with Crippen LogP contribution in [0.25, 0.3) is 0 Å². The minimum absolute atomic E-state index is 0.169. The van der Waals surface area contributed by atoms with Crippen LogP contribution in [0.5, 0.6) is 11.5 Å². The number of aryl methyl sites for hydroxylation is 1. The molecule has 0 fully saturated rings. The summed E-state index contributed by atoms with van der Waals surface area (Å²) in [5.41, 5.74) is 1.99. The predicted molar refractivity (Wildman–Crippen MR) is 106 cm³/mol. The number of nitrogens with one attached hydrogen (secondary N) is 1. The van der Waals surface area contributed by atoms with Gasteiger partial charge in [-0.25, -0.2) is 9.18 Å². The second-order valence-electron chi connectivity index (χ2n) is 6.60. The summed E-state index contributed by atoms with van der Waals surface area (Å²) >= 11 is 0. The van der Waals surface area contributed by atoms with E-state index in [1.807, 2.05) is 0 Å². The molecular weight excluding hydrogens is 395 g/mol. The second kappa shape index (κ2) is 9.25. The fourth-order valence-corrected chi connectivity index (χ4v) is 2.56. The Morgan fingerprint density at radius 1 is 1.20 bits per heavy atom. The highest BCUT2D eigenvalue weighted by molar-refractivity contribution is 5.99. The molecule has 1 amide bonds. The van der Waals surface area contributed by atoms with Crippen molar-refractivity contribution >= 4 is 23.3 Å². The smallest absolute Gasteiger partial charge is 0.347 e. The van der Waals surface area contributed by atoms with Crippen LogP contribution in [-0.2, 0) is 19.2 Å². The van der Waals surface area contributed by atoms with Crippen molar-refractivity contribution in [1.82, 2.24) is 0 Å². The first-order valence-corrected chi connectivity index (χ1v) is 9.16. The molecular formula is C21H21FN2O6. The molecule has 9 heteroatoms. The Labute approximate surface area is 172 Å². The Morgan fingerprint density at radius 3 is 2.73 bits per heavy atom. The molecule has 1 heterocycles. The van der Waals surface area contributed by atoms with Crippen LogP contribution in [0.1, 0.15) is 25.0 Å². The molecule has 1 atom stereocenters. The number of rotatable bonds is 7. The summed E-state index contributed by atoms with van der Waals surface area (Å²) in [5.74, 6) is -0.547. The van der Waals surface area contributed by atoms with Crippen LogP contribution in [-0.4, -0.2) is 37.1 Å². The van der Waals surface area contributed by atoms with Gasteiger partial charge in [0.25, 0.3) is 5.91 Å². The molecule has 1 N–H and O–H groups in total. The van der Waals surface area contributed by atoms with Crippen molar-refractivity contribution in [3.8, 4) is 11.5 Å². The van der Waals surface area contributed by atoms with Gasteiger partial charge in [-0.2, -0.15) is 0 Å². The van der Waals surface area contributed by atoms with Crippen molar-refractivity contribution in [2.24, 2.45) is 5.16 Å². The van der Waals surface area contributed by atoms with E-state index in [-0.39, 0.29) is 12.5 Å². The minimum atomic E-state index is -1.09. The van der Waals surface area contributed by atoms with Gasteiger partial charge in [0, 0.05) is 11.3 Å². The summed E-state index contributed by atoms with van der Waals surface area (Å²) in [5, 5.41) is 6.36. The summed E-state index contributed by atoms with van der Waals surface area (Å²) in [6, 6.07) is 9.58. The molecule has 0 aliphatic carbocycles. The minimum Gasteiger partial charge on any atom is -0.454 e. The quantitative estimate of drug-likeness (QED) is 0.423. The Balaban J connectivity index is 1.46. The highest BCUT2D eigenvalue weighted by Gasteiger charge is 2.19. The number of benzene rings is 2. The van der Waals surface area contributed by atoms with Crippen molar-refractivity contribution < 1.29 is 33.0 Å². The van der Waals surface area contributed by atoms with Gasteiger partial charge in [0.2, 0.25) is 13.4 Å². The standard InChI is InChI=1S/C21H21FN2O6/c1-12-4-6-16(9-17(12)22)23-21(26)14(3)30-20(25)10-29-24-13(2)15-5-7-18-19(8-15)28-11-27-18/h4-9,14H,10-11H2,1-3H3,(H,23,26)/b24-13+. The summed E-state index contributed by atoms with van der Waals surface area (Å²) in [6.45, 7) is 4.42. The molecule has 158 valence electrons. The van der Waals surface area contributed by atoms with E-state index in [1.165, 1.54) is 19.1 Å². The van der Waals surface area contributed by atoms with Crippen LogP contribution >= 0.6 is 0 Å². The number of carbonyl (C=O) groups is 2. The van der Waals surface area contributed by atoms with Gasteiger partial charge in [-0.3, -0.25) is 4.79 Å². The number of fused-ring (bicyclic) bond motifs is 1. The zero-order valence-electron chi connectivity index (χ0n) is 16.7. The number of amides is 1. The molecule has 3 rings (SSSR count). The van der Waals surface area contributed by atoms with Crippen molar-refractivity contribution in [2.75, 3.05) is 18.7 Å². The van der Waals surface area contributed by atoms with Crippen molar-refractivity contribution in [1.29, 1.82) is 0 Å². The van der Waals surface area contributed by atoms with Crippen molar-refractivity contribution in [3.05, 3.63) is 53.3 Å². The Kier molecular flexibility index (Phi) is 6.51. The fraction of sp³-hybridized carbons (Fsp3) is 0.286. The van der Waals surface area contributed by atoms with Crippen LogP contribution in [0.3, 0.4) is 0 Å². The third-order valence-corrected chi connectivity index (χ3v) is 4.29. The Morgan fingerprint density at radius 2 is 1.97 bits per heavy atom. The highest BCUT2D eigenvalue weighted by atomic mass is 19.1. The number of hydrogen-bond donors (Lipinski definition) is 1. The average molecular weight is 416 g/mol. The number of nitrogens with zero attached hydrogens (tertiary/aromatic N) is 1. The first-order valence-electron chi connectivity index (χ1n) is 9.16. The Hall–Kier alpha value is -3.62. The molecule has 0 radical (unpaired) electrons. The third-order valence-electron chi connectivity index (χ3n) is 4.29. The van der Waals surface area contributed by atoms with Crippen LogP contribution in [0.2, 0.25) is 0 Å². The lowest BCUT2D eigenvalue weighted by Gasteiger charge is -2.13. The zero-order chi connectivity index (χ0) is 21.7. The van der Waals surface area contributed by atoms with Gasteiger partial charge in [-0.15, -0.1) is 0 Å². The molecule has 1 unspecified atom stereocenters. The van der Waals surface area contributed by atoms with E-state index in [0.717, 1.165) is 5.56 Å². The van der Waals surface area contributed by atoms with Crippen LogP contribution in [0.4, 0.5) is 10.1 Å². The topological polar surface area (TPSA) is 95.5 Å². The molecule has 2 aromatic carbocycles.